The van der Waals surface area contributed by atoms with Crippen molar-refractivity contribution in [2.24, 2.45) is 0 Å². The highest BCUT2D eigenvalue weighted by molar-refractivity contribution is 6.00. The van der Waals surface area contributed by atoms with Gasteiger partial charge in [0.05, 0.1) is 11.7 Å². The molecule has 1 aliphatic carbocycles. The van der Waals surface area contributed by atoms with Gasteiger partial charge in [-0.2, -0.15) is 0 Å². The third-order valence-electron chi connectivity index (χ3n) is 3.93. The van der Waals surface area contributed by atoms with E-state index in [1.165, 1.54) is 11.1 Å². The molecule has 1 aliphatic heterocycles. The van der Waals surface area contributed by atoms with Gasteiger partial charge >= 0.3 is 6.03 Å². The summed E-state index contributed by atoms with van der Waals surface area (Å²) in [7, 11) is 0. The molecule has 3 amide bonds. The van der Waals surface area contributed by atoms with Crippen LogP contribution in [0.4, 0.5) is 4.79 Å². The molecular formula is C16H17N3O3. The largest absolute Gasteiger partial charge is 0.504 e. The van der Waals surface area contributed by atoms with Crippen LogP contribution in [0.5, 0.6) is 0 Å². The normalized spacial score (nSPS) is 20.3. The molecule has 2 aliphatic rings. The van der Waals surface area contributed by atoms with E-state index in [1.807, 2.05) is 19.1 Å². The van der Waals surface area contributed by atoms with Gasteiger partial charge in [-0.3, -0.25) is 10.1 Å². The van der Waals surface area contributed by atoms with Gasteiger partial charge in [-0.15, -0.1) is 0 Å². The Bertz CT molecular complexity index is 721. The average molecular weight is 299 g/mol. The number of amides is 3. The number of benzene rings is 1. The van der Waals surface area contributed by atoms with Crippen molar-refractivity contribution in [3.63, 3.8) is 0 Å². The molecule has 6 heteroatoms. The number of aliphatic hydroxyl groups is 1. The molecule has 0 unspecified atom stereocenters. The van der Waals surface area contributed by atoms with E-state index in [1.54, 1.807) is 0 Å². The van der Waals surface area contributed by atoms with Crippen LogP contribution in [0.3, 0.4) is 0 Å². The number of nitrogens with one attached hydrogen (secondary N) is 3. The van der Waals surface area contributed by atoms with Gasteiger partial charge in [0.2, 0.25) is 0 Å². The maximum absolute atomic E-state index is 12.3. The molecule has 22 heavy (non-hydrogen) atoms. The van der Waals surface area contributed by atoms with Crippen LogP contribution in [0.25, 0.3) is 0 Å². The summed E-state index contributed by atoms with van der Waals surface area (Å²) in [6.45, 7) is 5.53. The minimum atomic E-state index is -0.588. The molecular weight excluding hydrogens is 282 g/mol. The van der Waals surface area contributed by atoms with Gasteiger partial charge in [0, 0.05) is 0 Å². The molecule has 0 fully saturated rings. The lowest BCUT2D eigenvalue weighted by Gasteiger charge is -2.21. The van der Waals surface area contributed by atoms with Gasteiger partial charge in [0.15, 0.2) is 11.5 Å². The second kappa shape index (κ2) is 5.22. The van der Waals surface area contributed by atoms with Crippen LogP contribution in [-0.4, -0.2) is 17.0 Å². The number of hydrogen-bond donors (Lipinski definition) is 4. The maximum Gasteiger partial charge on any atom is 0.324 e. The van der Waals surface area contributed by atoms with Crippen LogP contribution in [-0.2, 0) is 11.2 Å². The van der Waals surface area contributed by atoms with E-state index < -0.39 is 11.9 Å². The number of carbonyl (C=O) groups excluding carboxylic acids is 2. The average Bonchev–Trinajstić information content (AvgIpc) is 2.84. The number of aliphatic hydroxyl groups excluding tert-OH is 1. The molecule has 6 nitrogen and oxygen atoms in total. The third kappa shape index (κ3) is 2.43. The number of fused-ring (bicyclic) bond motifs is 1. The van der Waals surface area contributed by atoms with E-state index in [2.05, 4.69) is 28.6 Å². The van der Waals surface area contributed by atoms with Crippen molar-refractivity contribution in [2.75, 3.05) is 0 Å². The summed E-state index contributed by atoms with van der Waals surface area (Å²) < 4.78 is 0. The molecule has 0 saturated carbocycles. The van der Waals surface area contributed by atoms with Crippen LogP contribution in [0.1, 0.15) is 29.2 Å². The van der Waals surface area contributed by atoms with Crippen molar-refractivity contribution in [1.82, 2.24) is 16.0 Å². The Kier molecular flexibility index (Phi) is 3.36. The van der Waals surface area contributed by atoms with Gasteiger partial charge in [-0.05, 0) is 30.9 Å². The number of carbonyl (C=O) groups is 2. The zero-order valence-corrected chi connectivity index (χ0v) is 12.2. The molecule has 0 saturated heterocycles. The Labute approximate surface area is 127 Å². The van der Waals surface area contributed by atoms with E-state index in [4.69, 9.17) is 0 Å². The molecule has 3 rings (SSSR count). The highest BCUT2D eigenvalue weighted by atomic mass is 16.3. The first-order valence-corrected chi connectivity index (χ1v) is 7.06. The second-order valence-electron chi connectivity index (χ2n) is 5.55. The first kappa shape index (κ1) is 14.2. The van der Waals surface area contributed by atoms with Crippen LogP contribution in [0.15, 0.2) is 41.9 Å². The Morgan fingerprint density at radius 2 is 2.18 bits per heavy atom. The molecule has 4 N–H and O–H groups in total. The molecule has 0 radical (unpaired) electrons. The van der Waals surface area contributed by atoms with Gasteiger partial charge in [-0.25, -0.2) is 4.79 Å². The lowest BCUT2D eigenvalue weighted by Crippen LogP contribution is -2.45. The van der Waals surface area contributed by atoms with Crippen molar-refractivity contribution in [2.45, 2.75) is 25.8 Å². The number of urea groups is 1. The Morgan fingerprint density at radius 3 is 2.95 bits per heavy atom. The zero-order valence-electron chi connectivity index (χ0n) is 12.2. The van der Waals surface area contributed by atoms with E-state index >= 15 is 0 Å². The minimum Gasteiger partial charge on any atom is -0.504 e. The Morgan fingerprint density at radius 1 is 1.41 bits per heavy atom. The summed E-state index contributed by atoms with van der Waals surface area (Å²) in [6, 6.07) is 5.43. The SMILES string of the molecule is C=C1NC(=O)NC(C(=O)N[C@@H]2CCc3cc(C)ccc32)=C1O. The fourth-order valence-corrected chi connectivity index (χ4v) is 2.84. The molecule has 0 aromatic heterocycles. The third-order valence-corrected chi connectivity index (χ3v) is 3.93. The summed E-state index contributed by atoms with van der Waals surface area (Å²) in [6.07, 6.45) is 1.69. The second-order valence-corrected chi connectivity index (χ2v) is 5.55. The first-order valence-electron chi connectivity index (χ1n) is 7.06. The van der Waals surface area contributed by atoms with E-state index in [-0.39, 0.29) is 23.2 Å². The standard InChI is InChI=1S/C16H17N3O3/c1-8-3-5-11-10(7-8)4-6-12(11)18-15(21)13-14(20)9(2)17-16(22)19-13/h3,5,7,12,20H,2,4,6H2,1H3,(H,18,21)(H2,17,19,22)/t12-/m1/s1. The zero-order chi connectivity index (χ0) is 15.9. The molecule has 0 bridgehead atoms. The summed E-state index contributed by atoms with van der Waals surface area (Å²) in [5.41, 5.74) is 3.33. The van der Waals surface area contributed by atoms with Gasteiger partial charge in [0.25, 0.3) is 5.91 Å². The predicted octanol–water partition coefficient (Wildman–Crippen LogP) is 1.69. The quantitative estimate of drug-likeness (QED) is 0.670. The number of aryl methyl sites for hydroxylation is 2. The van der Waals surface area contributed by atoms with Crippen molar-refractivity contribution in [3.8, 4) is 0 Å². The molecule has 0 spiro atoms. The molecule has 1 atom stereocenters. The predicted molar refractivity (Wildman–Crippen MR) is 80.8 cm³/mol. The monoisotopic (exact) mass is 299 g/mol. The number of hydrogen-bond acceptors (Lipinski definition) is 3. The maximum atomic E-state index is 12.3. The highest BCUT2D eigenvalue weighted by Crippen LogP contribution is 2.31. The van der Waals surface area contributed by atoms with Crippen molar-refractivity contribution < 1.29 is 14.7 Å². The van der Waals surface area contributed by atoms with Gasteiger partial charge in [0.1, 0.15) is 0 Å². The Balaban J connectivity index is 1.81. The molecule has 1 aromatic carbocycles. The summed E-state index contributed by atoms with van der Waals surface area (Å²) in [5, 5.41) is 17.3. The van der Waals surface area contributed by atoms with E-state index in [0.29, 0.717) is 0 Å². The molecule has 1 heterocycles. The molecule has 1 aromatic rings. The fourth-order valence-electron chi connectivity index (χ4n) is 2.84. The lowest BCUT2D eigenvalue weighted by molar-refractivity contribution is -0.118. The topological polar surface area (TPSA) is 90.5 Å². The summed E-state index contributed by atoms with van der Waals surface area (Å²) in [5.74, 6) is -0.869. The van der Waals surface area contributed by atoms with E-state index in [0.717, 1.165) is 18.4 Å². The lowest BCUT2D eigenvalue weighted by atomic mass is 10.1. The van der Waals surface area contributed by atoms with Crippen molar-refractivity contribution in [3.05, 3.63) is 58.6 Å². The summed E-state index contributed by atoms with van der Waals surface area (Å²) in [4.78, 5) is 23.7. The first-order chi connectivity index (χ1) is 10.5. The van der Waals surface area contributed by atoms with Crippen molar-refractivity contribution in [1.29, 1.82) is 0 Å². The van der Waals surface area contributed by atoms with Gasteiger partial charge in [-0.1, -0.05) is 30.3 Å². The molecule has 114 valence electrons. The number of rotatable bonds is 2. The minimum absolute atomic E-state index is 0.0105. The van der Waals surface area contributed by atoms with Crippen LogP contribution in [0, 0.1) is 6.92 Å². The van der Waals surface area contributed by atoms with Crippen LogP contribution < -0.4 is 16.0 Å². The summed E-state index contributed by atoms with van der Waals surface area (Å²) >= 11 is 0. The van der Waals surface area contributed by atoms with Crippen LogP contribution in [0.2, 0.25) is 0 Å². The highest BCUT2D eigenvalue weighted by Gasteiger charge is 2.29. The van der Waals surface area contributed by atoms with Gasteiger partial charge < -0.3 is 15.7 Å². The Hall–Kier alpha value is -2.76. The van der Waals surface area contributed by atoms with E-state index in [9.17, 15) is 14.7 Å². The smallest absolute Gasteiger partial charge is 0.324 e. The van der Waals surface area contributed by atoms with Crippen molar-refractivity contribution >= 4 is 11.9 Å². The van der Waals surface area contributed by atoms with Crippen LogP contribution >= 0.6 is 0 Å². The fraction of sp³-hybridized carbons (Fsp3) is 0.250.